The Balaban J connectivity index is 1.47. The molecule has 3 heterocycles. The Kier molecular flexibility index (Phi) is 4.89. The predicted molar refractivity (Wildman–Crippen MR) is 106 cm³/mol. The van der Waals surface area contributed by atoms with Gasteiger partial charge in [-0.05, 0) is 46.7 Å². The minimum Gasteiger partial charge on any atom is -0.422 e. The van der Waals surface area contributed by atoms with Crippen LogP contribution in [0.1, 0.15) is 31.8 Å². The van der Waals surface area contributed by atoms with Gasteiger partial charge in [0.15, 0.2) is 0 Å². The SMILES string of the molecule is O=C(NCc1ccc([C@H](O)c2ccsc2)s1)c1cc2ccccc2oc1=O. The fourth-order valence-corrected chi connectivity index (χ4v) is 4.36. The maximum absolute atomic E-state index is 12.4. The second-order valence-electron chi connectivity index (χ2n) is 5.93. The first-order valence-electron chi connectivity index (χ1n) is 8.21. The third-order valence-corrected chi connectivity index (χ3v) is 5.96. The summed E-state index contributed by atoms with van der Waals surface area (Å²) in [5.41, 5.74) is 0.616. The molecule has 4 rings (SSSR count). The summed E-state index contributed by atoms with van der Waals surface area (Å²) in [7, 11) is 0. The summed E-state index contributed by atoms with van der Waals surface area (Å²) >= 11 is 2.95. The first-order chi connectivity index (χ1) is 13.1. The summed E-state index contributed by atoms with van der Waals surface area (Å²) in [4.78, 5) is 26.1. The van der Waals surface area contributed by atoms with Gasteiger partial charge in [-0.25, -0.2) is 4.79 Å². The van der Waals surface area contributed by atoms with Crippen molar-refractivity contribution >= 4 is 39.5 Å². The van der Waals surface area contributed by atoms with Crippen LogP contribution in [-0.2, 0) is 6.54 Å². The number of hydrogen-bond acceptors (Lipinski definition) is 6. The fraction of sp³-hybridized carbons (Fsp3) is 0.100. The van der Waals surface area contributed by atoms with Gasteiger partial charge in [0.25, 0.3) is 5.91 Å². The number of amides is 1. The number of thiophene rings is 2. The molecule has 5 nitrogen and oxygen atoms in total. The molecule has 0 spiro atoms. The van der Waals surface area contributed by atoms with Gasteiger partial charge in [-0.1, -0.05) is 18.2 Å². The Morgan fingerprint density at radius 3 is 2.85 bits per heavy atom. The van der Waals surface area contributed by atoms with Gasteiger partial charge >= 0.3 is 5.63 Å². The number of rotatable bonds is 5. The van der Waals surface area contributed by atoms with Crippen molar-refractivity contribution in [3.05, 3.63) is 90.6 Å². The average molecular weight is 397 g/mol. The van der Waals surface area contributed by atoms with E-state index in [9.17, 15) is 14.7 Å². The van der Waals surface area contributed by atoms with Gasteiger partial charge in [0.2, 0.25) is 0 Å². The molecule has 0 aliphatic rings. The molecular formula is C20H15NO4S2. The number of benzene rings is 1. The van der Waals surface area contributed by atoms with Crippen LogP contribution < -0.4 is 10.9 Å². The Bertz CT molecular complexity index is 1140. The largest absolute Gasteiger partial charge is 0.422 e. The lowest BCUT2D eigenvalue weighted by Crippen LogP contribution is -2.27. The van der Waals surface area contributed by atoms with Gasteiger partial charge in [-0.15, -0.1) is 11.3 Å². The number of hydrogen-bond donors (Lipinski definition) is 2. The normalized spacial score (nSPS) is 12.2. The Hall–Kier alpha value is -2.74. The fourth-order valence-electron chi connectivity index (χ4n) is 2.71. The lowest BCUT2D eigenvalue weighted by atomic mass is 10.1. The highest BCUT2D eigenvalue weighted by molar-refractivity contribution is 7.12. The number of aliphatic hydroxyl groups excluding tert-OH is 1. The summed E-state index contributed by atoms with van der Waals surface area (Å²) in [5, 5.41) is 17.6. The van der Waals surface area contributed by atoms with Crippen molar-refractivity contribution in [3.63, 3.8) is 0 Å². The van der Waals surface area contributed by atoms with Gasteiger partial charge in [0.1, 0.15) is 17.3 Å². The van der Waals surface area contributed by atoms with Crippen LogP contribution in [0.3, 0.4) is 0 Å². The van der Waals surface area contributed by atoms with E-state index in [-0.39, 0.29) is 12.1 Å². The van der Waals surface area contributed by atoms with E-state index in [2.05, 4.69) is 5.32 Å². The molecule has 1 amide bonds. The molecule has 0 aliphatic carbocycles. The lowest BCUT2D eigenvalue weighted by molar-refractivity contribution is 0.0948. The zero-order chi connectivity index (χ0) is 18.8. The van der Waals surface area contributed by atoms with Crippen molar-refractivity contribution in [1.29, 1.82) is 0 Å². The molecule has 2 N–H and O–H groups in total. The molecule has 1 aromatic carbocycles. The van der Waals surface area contributed by atoms with E-state index in [1.807, 2.05) is 35.0 Å². The molecule has 27 heavy (non-hydrogen) atoms. The lowest BCUT2D eigenvalue weighted by Gasteiger charge is -2.06. The van der Waals surface area contributed by atoms with Crippen LogP contribution in [0.25, 0.3) is 11.0 Å². The van der Waals surface area contributed by atoms with Crippen LogP contribution in [-0.4, -0.2) is 11.0 Å². The summed E-state index contributed by atoms with van der Waals surface area (Å²) < 4.78 is 5.20. The van der Waals surface area contributed by atoms with Crippen molar-refractivity contribution in [3.8, 4) is 0 Å². The first-order valence-corrected chi connectivity index (χ1v) is 9.97. The second-order valence-corrected chi connectivity index (χ2v) is 7.91. The minimum absolute atomic E-state index is 0.0243. The predicted octanol–water partition coefficient (Wildman–Crippen LogP) is 3.93. The molecule has 0 fully saturated rings. The molecule has 0 saturated carbocycles. The molecule has 7 heteroatoms. The first kappa shape index (κ1) is 17.7. The minimum atomic E-state index is -0.668. The quantitative estimate of drug-likeness (QED) is 0.500. The number of carbonyl (C=O) groups excluding carboxylic acids is 1. The van der Waals surface area contributed by atoms with Crippen LogP contribution in [0.4, 0.5) is 0 Å². The molecule has 1 atom stereocenters. The topological polar surface area (TPSA) is 79.5 Å². The van der Waals surface area contributed by atoms with Crippen LogP contribution in [0, 0.1) is 0 Å². The van der Waals surface area contributed by atoms with E-state index >= 15 is 0 Å². The van der Waals surface area contributed by atoms with Gasteiger partial charge in [0.05, 0.1) is 6.54 Å². The van der Waals surface area contributed by atoms with Crippen LogP contribution in [0.5, 0.6) is 0 Å². The van der Waals surface area contributed by atoms with Crippen LogP contribution in [0.15, 0.2) is 68.5 Å². The van der Waals surface area contributed by atoms with E-state index in [1.165, 1.54) is 28.7 Å². The third-order valence-electron chi connectivity index (χ3n) is 4.12. The van der Waals surface area contributed by atoms with Gasteiger partial charge < -0.3 is 14.8 Å². The molecule has 3 aromatic heterocycles. The van der Waals surface area contributed by atoms with Gasteiger partial charge in [-0.3, -0.25) is 4.79 Å². The zero-order valence-electron chi connectivity index (χ0n) is 14.0. The third kappa shape index (κ3) is 3.71. The number of carbonyl (C=O) groups is 1. The smallest absolute Gasteiger partial charge is 0.349 e. The average Bonchev–Trinajstić information content (AvgIpc) is 3.37. The van der Waals surface area contributed by atoms with Crippen molar-refractivity contribution in [2.45, 2.75) is 12.6 Å². The van der Waals surface area contributed by atoms with Gasteiger partial charge in [0, 0.05) is 15.1 Å². The van der Waals surface area contributed by atoms with E-state index in [4.69, 9.17) is 4.42 Å². The molecule has 0 unspecified atom stereocenters. The summed E-state index contributed by atoms with van der Waals surface area (Å²) in [5.74, 6) is -0.483. The van der Waals surface area contributed by atoms with E-state index in [0.717, 1.165) is 15.3 Å². The summed E-state index contributed by atoms with van der Waals surface area (Å²) in [6.07, 6.45) is -0.668. The number of para-hydroxylation sites is 1. The number of nitrogens with one attached hydrogen (secondary N) is 1. The molecule has 136 valence electrons. The summed E-state index contributed by atoms with van der Waals surface area (Å²) in [6, 6.07) is 14.2. The Morgan fingerprint density at radius 1 is 1.19 bits per heavy atom. The Morgan fingerprint density at radius 2 is 2.04 bits per heavy atom. The van der Waals surface area contributed by atoms with Crippen molar-refractivity contribution in [2.24, 2.45) is 0 Å². The number of aliphatic hydroxyl groups is 1. The van der Waals surface area contributed by atoms with Crippen molar-refractivity contribution in [2.75, 3.05) is 0 Å². The number of fused-ring (bicyclic) bond motifs is 1. The zero-order valence-corrected chi connectivity index (χ0v) is 15.7. The molecule has 4 aromatic rings. The molecule has 0 bridgehead atoms. The van der Waals surface area contributed by atoms with E-state index < -0.39 is 17.6 Å². The second kappa shape index (κ2) is 7.48. The van der Waals surface area contributed by atoms with E-state index in [0.29, 0.717) is 11.0 Å². The summed E-state index contributed by atoms with van der Waals surface area (Å²) in [6.45, 7) is 0.270. The van der Waals surface area contributed by atoms with Crippen LogP contribution in [0.2, 0.25) is 0 Å². The Labute approximate surface area is 162 Å². The molecular weight excluding hydrogens is 382 g/mol. The highest BCUT2D eigenvalue weighted by atomic mass is 32.1. The monoisotopic (exact) mass is 397 g/mol. The molecule has 0 saturated heterocycles. The van der Waals surface area contributed by atoms with Crippen molar-refractivity contribution < 1.29 is 14.3 Å². The van der Waals surface area contributed by atoms with E-state index in [1.54, 1.807) is 18.2 Å². The molecule has 0 aliphatic heterocycles. The maximum atomic E-state index is 12.4. The maximum Gasteiger partial charge on any atom is 0.349 e. The standard InChI is InChI=1S/C20H15NO4S2/c22-18(13-7-8-26-11-13)17-6-5-14(27-17)10-21-19(23)15-9-12-3-1-2-4-16(12)25-20(15)24/h1-9,11,18,22H,10H2,(H,21,23)/t18-/m1/s1. The van der Waals surface area contributed by atoms with Gasteiger partial charge in [-0.2, -0.15) is 11.3 Å². The van der Waals surface area contributed by atoms with Crippen molar-refractivity contribution in [1.82, 2.24) is 5.32 Å². The highest BCUT2D eigenvalue weighted by Gasteiger charge is 2.16. The highest BCUT2D eigenvalue weighted by Crippen LogP contribution is 2.29. The van der Waals surface area contributed by atoms with Crippen LogP contribution >= 0.6 is 22.7 Å². The molecule has 0 radical (unpaired) electrons.